The summed E-state index contributed by atoms with van der Waals surface area (Å²) >= 11 is 0. The van der Waals surface area contributed by atoms with Crippen molar-refractivity contribution in [3.05, 3.63) is 27.9 Å². The summed E-state index contributed by atoms with van der Waals surface area (Å²) in [5.41, 5.74) is 0.00853. The third-order valence-corrected chi connectivity index (χ3v) is 3.29. The summed E-state index contributed by atoms with van der Waals surface area (Å²) < 4.78 is 0. The molecule has 0 bridgehead atoms. The third kappa shape index (κ3) is 4.17. The number of hydrogen-bond acceptors (Lipinski definition) is 6. The standard InChI is InChI=1S/C13H19N5O2/c1-4-10(2)17(3)6-5-15-13-12(18(19)20)7-11(8-14)9-16-13/h7,9-10H,4-6H2,1-3H3,(H,15,16). The SMILES string of the molecule is CCC(C)N(C)CCNc1ncc(C#N)cc1[N+](=O)[O-]. The summed E-state index contributed by atoms with van der Waals surface area (Å²) in [6, 6.07) is 3.53. The van der Waals surface area contributed by atoms with E-state index in [2.05, 4.69) is 29.0 Å². The van der Waals surface area contributed by atoms with Crippen LogP contribution in [0.2, 0.25) is 0 Å². The Morgan fingerprint density at radius 1 is 1.65 bits per heavy atom. The van der Waals surface area contributed by atoms with Crippen molar-refractivity contribution in [2.45, 2.75) is 26.3 Å². The molecule has 7 heteroatoms. The van der Waals surface area contributed by atoms with Crippen molar-refractivity contribution in [3.63, 3.8) is 0 Å². The summed E-state index contributed by atoms with van der Waals surface area (Å²) in [5.74, 6) is 0.201. The summed E-state index contributed by atoms with van der Waals surface area (Å²) in [6.45, 7) is 5.55. The Labute approximate surface area is 118 Å². The van der Waals surface area contributed by atoms with Gasteiger partial charge in [0.1, 0.15) is 6.07 Å². The molecule has 0 saturated heterocycles. The fraction of sp³-hybridized carbons (Fsp3) is 0.538. The Kier molecular flexibility index (Phi) is 5.87. The van der Waals surface area contributed by atoms with E-state index in [1.54, 1.807) is 0 Å². The molecule has 0 aliphatic heterocycles. The molecule has 0 fully saturated rings. The van der Waals surface area contributed by atoms with Crippen LogP contribution in [0, 0.1) is 21.4 Å². The molecule has 1 rings (SSSR count). The molecular formula is C13H19N5O2. The highest BCUT2D eigenvalue weighted by molar-refractivity contribution is 5.58. The highest BCUT2D eigenvalue weighted by atomic mass is 16.6. The molecule has 0 spiro atoms. The topological polar surface area (TPSA) is 95.1 Å². The number of likely N-dealkylation sites (N-methyl/N-ethyl adjacent to an activating group) is 1. The van der Waals surface area contributed by atoms with Gasteiger partial charge in [-0.05, 0) is 20.4 Å². The van der Waals surface area contributed by atoms with Gasteiger partial charge in [0.2, 0.25) is 5.82 Å². The van der Waals surface area contributed by atoms with Crippen LogP contribution in [-0.2, 0) is 0 Å². The third-order valence-electron chi connectivity index (χ3n) is 3.29. The zero-order chi connectivity index (χ0) is 15.1. The van der Waals surface area contributed by atoms with E-state index in [-0.39, 0.29) is 17.1 Å². The van der Waals surface area contributed by atoms with Crippen LogP contribution >= 0.6 is 0 Å². The molecule has 108 valence electrons. The van der Waals surface area contributed by atoms with Crippen LogP contribution in [0.5, 0.6) is 0 Å². The van der Waals surface area contributed by atoms with Crippen LogP contribution in [-0.4, -0.2) is 41.0 Å². The van der Waals surface area contributed by atoms with Crippen molar-refractivity contribution in [2.24, 2.45) is 0 Å². The minimum atomic E-state index is -0.533. The van der Waals surface area contributed by atoms with E-state index >= 15 is 0 Å². The molecule has 0 aliphatic carbocycles. The van der Waals surface area contributed by atoms with Crippen molar-refractivity contribution >= 4 is 11.5 Å². The van der Waals surface area contributed by atoms with E-state index in [4.69, 9.17) is 5.26 Å². The fourth-order valence-electron chi connectivity index (χ4n) is 1.67. The summed E-state index contributed by atoms with van der Waals surface area (Å²) in [5, 5.41) is 22.6. The van der Waals surface area contributed by atoms with Gasteiger partial charge >= 0.3 is 5.69 Å². The van der Waals surface area contributed by atoms with Gasteiger partial charge in [0.15, 0.2) is 0 Å². The first-order valence-electron chi connectivity index (χ1n) is 6.48. The number of pyridine rings is 1. The molecule has 20 heavy (non-hydrogen) atoms. The highest BCUT2D eigenvalue weighted by Gasteiger charge is 2.16. The van der Waals surface area contributed by atoms with Crippen molar-refractivity contribution in [2.75, 3.05) is 25.5 Å². The molecule has 1 aromatic heterocycles. The van der Waals surface area contributed by atoms with Gasteiger partial charge in [-0.2, -0.15) is 5.26 Å². The van der Waals surface area contributed by atoms with Gasteiger partial charge < -0.3 is 10.2 Å². The van der Waals surface area contributed by atoms with Gasteiger partial charge in [-0.1, -0.05) is 6.92 Å². The molecule has 0 aromatic carbocycles. The minimum absolute atomic E-state index is 0.171. The molecule has 1 N–H and O–H groups in total. The maximum atomic E-state index is 10.9. The first-order valence-corrected chi connectivity index (χ1v) is 6.48. The first-order chi connectivity index (χ1) is 9.49. The number of nitro groups is 1. The fourth-order valence-corrected chi connectivity index (χ4v) is 1.67. The maximum Gasteiger partial charge on any atom is 0.312 e. The largest absolute Gasteiger partial charge is 0.363 e. The molecule has 1 atom stereocenters. The highest BCUT2D eigenvalue weighted by Crippen LogP contribution is 2.22. The Balaban J connectivity index is 2.69. The summed E-state index contributed by atoms with van der Waals surface area (Å²) in [4.78, 5) is 16.5. The van der Waals surface area contributed by atoms with Gasteiger partial charge in [0.25, 0.3) is 0 Å². The van der Waals surface area contributed by atoms with Gasteiger partial charge in [0, 0.05) is 31.4 Å². The quantitative estimate of drug-likeness (QED) is 0.605. The predicted octanol–water partition coefficient (Wildman–Crippen LogP) is 2.00. The Bertz CT molecular complexity index is 512. The van der Waals surface area contributed by atoms with E-state index in [9.17, 15) is 10.1 Å². The number of anilines is 1. The monoisotopic (exact) mass is 277 g/mol. The predicted molar refractivity (Wildman–Crippen MR) is 76.5 cm³/mol. The van der Waals surface area contributed by atoms with Crippen LogP contribution in [0.25, 0.3) is 0 Å². The molecule has 0 radical (unpaired) electrons. The number of rotatable bonds is 7. The average Bonchev–Trinajstić information content (AvgIpc) is 2.46. The number of nitriles is 1. The number of hydrogen-bond donors (Lipinski definition) is 1. The summed E-state index contributed by atoms with van der Waals surface area (Å²) in [7, 11) is 2.01. The van der Waals surface area contributed by atoms with Crippen LogP contribution in [0.15, 0.2) is 12.3 Å². The normalized spacial score (nSPS) is 11.9. The average molecular weight is 277 g/mol. The maximum absolute atomic E-state index is 10.9. The van der Waals surface area contributed by atoms with Gasteiger partial charge in [-0.15, -0.1) is 0 Å². The zero-order valence-corrected chi connectivity index (χ0v) is 12.0. The smallest absolute Gasteiger partial charge is 0.312 e. The lowest BCUT2D eigenvalue weighted by atomic mass is 10.2. The number of aromatic nitrogens is 1. The van der Waals surface area contributed by atoms with Gasteiger partial charge in [-0.25, -0.2) is 4.98 Å². The second kappa shape index (κ2) is 7.40. The Morgan fingerprint density at radius 3 is 2.90 bits per heavy atom. The molecule has 1 unspecified atom stereocenters. The van der Waals surface area contributed by atoms with Gasteiger partial charge in [-0.3, -0.25) is 10.1 Å². The lowest BCUT2D eigenvalue weighted by Gasteiger charge is -2.23. The second-order valence-corrected chi connectivity index (χ2v) is 4.63. The van der Waals surface area contributed by atoms with Crippen LogP contribution < -0.4 is 5.32 Å². The number of nitrogens with one attached hydrogen (secondary N) is 1. The van der Waals surface area contributed by atoms with Crippen molar-refractivity contribution < 1.29 is 4.92 Å². The van der Waals surface area contributed by atoms with Gasteiger partial charge in [0.05, 0.1) is 10.5 Å². The van der Waals surface area contributed by atoms with E-state index in [0.29, 0.717) is 12.6 Å². The molecule has 7 nitrogen and oxygen atoms in total. The van der Waals surface area contributed by atoms with Crippen molar-refractivity contribution in [1.29, 1.82) is 5.26 Å². The molecular weight excluding hydrogens is 258 g/mol. The zero-order valence-electron chi connectivity index (χ0n) is 12.0. The first kappa shape index (κ1) is 15.9. The molecule has 0 saturated carbocycles. The van der Waals surface area contributed by atoms with E-state index in [1.165, 1.54) is 12.3 Å². The van der Waals surface area contributed by atoms with E-state index < -0.39 is 4.92 Å². The Hall–Kier alpha value is -2.20. The molecule has 1 heterocycles. The van der Waals surface area contributed by atoms with E-state index in [0.717, 1.165) is 13.0 Å². The van der Waals surface area contributed by atoms with Crippen LogP contribution in [0.4, 0.5) is 11.5 Å². The molecule has 1 aromatic rings. The molecule has 0 aliphatic rings. The van der Waals surface area contributed by atoms with Crippen LogP contribution in [0.3, 0.4) is 0 Å². The van der Waals surface area contributed by atoms with E-state index in [1.807, 2.05) is 13.1 Å². The Morgan fingerprint density at radius 2 is 2.35 bits per heavy atom. The lowest BCUT2D eigenvalue weighted by molar-refractivity contribution is -0.384. The minimum Gasteiger partial charge on any atom is -0.363 e. The lowest BCUT2D eigenvalue weighted by Crippen LogP contribution is -2.32. The summed E-state index contributed by atoms with van der Waals surface area (Å²) in [6.07, 6.45) is 2.37. The van der Waals surface area contributed by atoms with Crippen LogP contribution in [0.1, 0.15) is 25.8 Å². The number of nitrogens with zero attached hydrogens (tertiary/aromatic N) is 4. The molecule has 0 amide bonds. The van der Waals surface area contributed by atoms with Crippen molar-refractivity contribution in [1.82, 2.24) is 9.88 Å². The van der Waals surface area contributed by atoms with Crippen molar-refractivity contribution in [3.8, 4) is 6.07 Å². The second-order valence-electron chi connectivity index (χ2n) is 4.63.